The van der Waals surface area contributed by atoms with Crippen LogP contribution in [0, 0.1) is 5.92 Å². The summed E-state index contributed by atoms with van der Waals surface area (Å²) in [5.74, 6) is 0.640. The maximum atomic E-state index is 12.5. The Hall–Kier alpha value is -3.14. The average molecular weight is 400 g/mol. The van der Waals surface area contributed by atoms with Crippen LogP contribution in [-0.2, 0) is 12.8 Å². The predicted molar refractivity (Wildman–Crippen MR) is 121 cm³/mol. The van der Waals surface area contributed by atoms with Gasteiger partial charge in [0.25, 0.3) is 0 Å². The van der Waals surface area contributed by atoms with Crippen molar-refractivity contribution in [1.29, 1.82) is 0 Å². The minimum atomic E-state index is 0.0655. The van der Waals surface area contributed by atoms with Gasteiger partial charge in [-0.2, -0.15) is 0 Å². The van der Waals surface area contributed by atoms with Crippen molar-refractivity contribution in [2.24, 2.45) is 5.92 Å². The topological polar surface area (TPSA) is 45.2 Å². The number of aromatic nitrogens is 1. The van der Waals surface area contributed by atoms with E-state index in [1.54, 1.807) is 0 Å². The minimum absolute atomic E-state index is 0.0655. The van der Waals surface area contributed by atoms with E-state index >= 15 is 0 Å². The molecule has 1 aromatic heterocycles. The Balaban J connectivity index is 1.18. The maximum absolute atomic E-state index is 12.5. The Morgan fingerprint density at radius 2 is 1.63 bits per heavy atom. The normalized spacial score (nSPS) is 14.5. The standard InChI is InChI=1S/C26H29N3O/c30-26(29-17-13-22(14-18-29)19-23-5-4-15-27-20-23)28-16-12-21-8-10-25(11-9-21)24-6-2-1-3-7-24/h1-11,15,20,22H,12-14,16-19H2,(H,28,30). The highest BCUT2D eigenvalue weighted by Gasteiger charge is 2.22. The molecular formula is C26H29N3O. The zero-order valence-corrected chi connectivity index (χ0v) is 17.3. The van der Waals surface area contributed by atoms with E-state index in [9.17, 15) is 4.79 Å². The molecule has 4 rings (SSSR count). The second kappa shape index (κ2) is 10.1. The zero-order valence-electron chi connectivity index (χ0n) is 17.3. The van der Waals surface area contributed by atoms with Crippen LogP contribution in [0.1, 0.15) is 24.0 Å². The Bertz CT molecular complexity index is 918. The van der Waals surface area contributed by atoms with E-state index in [0.717, 1.165) is 38.8 Å². The number of nitrogens with zero attached hydrogens (tertiary/aromatic N) is 2. The third kappa shape index (κ3) is 5.47. The van der Waals surface area contributed by atoms with Crippen molar-refractivity contribution < 1.29 is 4.79 Å². The van der Waals surface area contributed by atoms with Crippen LogP contribution in [0.5, 0.6) is 0 Å². The van der Waals surface area contributed by atoms with Crippen LogP contribution in [0.25, 0.3) is 11.1 Å². The molecule has 0 atom stereocenters. The number of nitrogens with one attached hydrogen (secondary N) is 1. The Morgan fingerprint density at radius 1 is 0.900 bits per heavy atom. The van der Waals surface area contributed by atoms with Crippen molar-refractivity contribution >= 4 is 6.03 Å². The van der Waals surface area contributed by atoms with Gasteiger partial charge in [0, 0.05) is 32.0 Å². The Morgan fingerprint density at radius 3 is 2.33 bits per heavy atom. The molecule has 1 saturated heterocycles. The van der Waals surface area contributed by atoms with E-state index < -0.39 is 0 Å². The first kappa shape index (κ1) is 20.1. The monoisotopic (exact) mass is 399 g/mol. The minimum Gasteiger partial charge on any atom is -0.338 e. The first-order chi connectivity index (χ1) is 14.8. The molecule has 0 unspecified atom stereocenters. The van der Waals surface area contributed by atoms with Gasteiger partial charge in [-0.25, -0.2) is 4.79 Å². The lowest BCUT2D eigenvalue weighted by molar-refractivity contribution is 0.170. The molecule has 2 amide bonds. The van der Waals surface area contributed by atoms with Gasteiger partial charge >= 0.3 is 6.03 Å². The van der Waals surface area contributed by atoms with E-state index in [1.807, 2.05) is 29.4 Å². The second-order valence-corrected chi connectivity index (χ2v) is 8.04. The molecule has 0 spiro atoms. The Kier molecular flexibility index (Phi) is 6.75. The van der Waals surface area contributed by atoms with Crippen LogP contribution >= 0.6 is 0 Å². The SMILES string of the molecule is O=C(NCCc1ccc(-c2ccccc2)cc1)N1CCC(Cc2cccnc2)CC1. The first-order valence-electron chi connectivity index (χ1n) is 10.8. The third-order valence-electron chi connectivity index (χ3n) is 5.90. The zero-order chi connectivity index (χ0) is 20.6. The molecule has 0 radical (unpaired) electrons. The van der Waals surface area contributed by atoms with Crippen LogP contribution < -0.4 is 5.32 Å². The number of hydrogen-bond acceptors (Lipinski definition) is 2. The number of amides is 2. The highest BCUT2D eigenvalue weighted by Crippen LogP contribution is 2.22. The quantitative estimate of drug-likeness (QED) is 0.637. The fourth-order valence-electron chi connectivity index (χ4n) is 4.11. The van der Waals surface area contributed by atoms with Crippen LogP contribution in [0.2, 0.25) is 0 Å². The molecule has 30 heavy (non-hydrogen) atoms. The summed E-state index contributed by atoms with van der Waals surface area (Å²) in [7, 11) is 0. The number of piperidine rings is 1. The van der Waals surface area contributed by atoms with Crippen LogP contribution in [0.4, 0.5) is 4.79 Å². The van der Waals surface area contributed by atoms with E-state index in [0.29, 0.717) is 12.5 Å². The largest absolute Gasteiger partial charge is 0.338 e. The van der Waals surface area contributed by atoms with Crippen molar-refractivity contribution in [2.75, 3.05) is 19.6 Å². The number of urea groups is 1. The first-order valence-corrected chi connectivity index (χ1v) is 10.8. The lowest BCUT2D eigenvalue weighted by Crippen LogP contribution is -2.45. The summed E-state index contributed by atoms with van der Waals surface area (Å²) in [5, 5.41) is 3.09. The summed E-state index contributed by atoms with van der Waals surface area (Å²) in [6, 6.07) is 23.2. The maximum Gasteiger partial charge on any atom is 0.317 e. The van der Waals surface area contributed by atoms with Crippen molar-refractivity contribution in [3.05, 3.63) is 90.3 Å². The van der Waals surface area contributed by atoms with Gasteiger partial charge in [0.2, 0.25) is 0 Å². The van der Waals surface area contributed by atoms with E-state index in [4.69, 9.17) is 0 Å². The number of benzene rings is 2. The van der Waals surface area contributed by atoms with Crippen molar-refractivity contribution in [3.8, 4) is 11.1 Å². The lowest BCUT2D eigenvalue weighted by atomic mass is 9.91. The molecule has 1 aliphatic rings. The fraction of sp³-hybridized carbons (Fsp3) is 0.308. The van der Waals surface area contributed by atoms with Crippen LogP contribution in [0.15, 0.2) is 79.1 Å². The summed E-state index contributed by atoms with van der Waals surface area (Å²) in [4.78, 5) is 18.7. The van der Waals surface area contributed by atoms with Gasteiger partial charge < -0.3 is 10.2 Å². The van der Waals surface area contributed by atoms with Gasteiger partial charge in [-0.1, -0.05) is 60.7 Å². The highest BCUT2D eigenvalue weighted by molar-refractivity contribution is 5.74. The lowest BCUT2D eigenvalue weighted by Gasteiger charge is -2.32. The molecule has 154 valence electrons. The molecular weight excluding hydrogens is 370 g/mol. The predicted octanol–water partition coefficient (Wildman–Crippen LogP) is 4.96. The van der Waals surface area contributed by atoms with Crippen molar-refractivity contribution in [1.82, 2.24) is 15.2 Å². The molecule has 3 aromatic rings. The molecule has 0 bridgehead atoms. The third-order valence-corrected chi connectivity index (χ3v) is 5.90. The highest BCUT2D eigenvalue weighted by atomic mass is 16.2. The summed E-state index contributed by atoms with van der Waals surface area (Å²) in [5.41, 5.74) is 4.98. The van der Waals surface area contributed by atoms with Gasteiger partial charge in [-0.15, -0.1) is 0 Å². The molecule has 0 saturated carbocycles. The number of rotatable bonds is 6. The van der Waals surface area contributed by atoms with E-state index in [-0.39, 0.29) is 6.03 Å². The molecule has 2 aromatic carbocycles. The molecule has 4 nitrogen and oxygen atoms in total. The van der Waals surface area contributed by atoms with Crippen LogP contribution in [-0.4, -0.2) is 35.5 Å². The van der Waals surface area contributed by atoms with Gasteiger partial charge in [-0.05, 0) is 59.9 Å². The van der Waals surface area contributed by atoms with Gasteiger partial charge in [0.15, 0.2) is 0 Å². The smallest absolute Gasteiger partial charge is 0.317 e. The summed E-state index contributed by atoms with van der Waals surface area (Å²) in [6.07, 6.45) is 7.78. The molecule has 1 fully saturated rings. The number of carbonyl (C=O) groups excluding carboxylic acids is 1. The van der Waals surface area contributed by atoms with Gasteiger partial charge in [-0.3, -0.25) is 4.98 Å². The van der Waals surface area contributed by atoms with Crippen LogP contribution in [0.3, 0.4) is 0 Å². The number of hydrogen-bond donors (Lipinski definition) is 1. The summed E-state index contributed by atoms with van der Waals surface area (Å²) < 4.78 is 0. The molecule has 1 aliphatic heterocycles. The molecule has 4 heteroatoms. The van der Waals surface area contributed by atoms with Gasteiger partial charge in [0.1, 0.15) is 0 Å². The van der Waals surface area contributed by atoms with E-state index in [2.05, 4.69) is 64.9 Å². The second-order valence-electron chi connectivity index (χ2n) is 8.04. The average Bonchev–Trinajstić information content (AvgIpc) is 2.81. The number of carbonyl (C=O) groups is 1. The molecule has 1 N–H and O–H groups in total. The Labute approximate surface area is 179 Å². The summed E-state index contributed by atoms with van der Waals surface area (Å²) in [6.45, 7) is 2.34. The molecule has 0 aliphatic carbocycles. The molecule has 2 heterocycles. The van der Waals surface area contributed by atoms with Crippen molar-refractivity contribution in [3.63, 3.8) is 0 Å². The van der Waals surface area contributed by atoms with Gasteiger partial charge in [0.05, 0.1) is 0 Å². The number of likely N-dealkylation sites (tertiary alicyclic amines) is 1. The van der Waals surface area contributed by atoms with Crippen molar-refractivity contribution in [2.45, 2.75) is 25.7 Å². The summed E-state index contributed by atoms with van der Waals surface area (Å²) >= 11 is 0. The van der Waals surface area contributed by atoms with E-state index in [1.165, 1.54) is 22.3 Å². The number of pyridine rings is 1. The fourth-order valence-corrected chi connectivity index (χ4v) is 4.11.